The lowest BCUT2D eigenvalue weighted by Crippen LogP contribution is -2.48. The van der Waals surface area contributed by atoms with Crippen molar-refractivity contribution in [2.75, 3.05) is 44.5 Å². The Balaban J connectivity index is 1.52. The van der Waals surface area contributed by atoms with Crippen molar-refractivity contribution in [3.05, 3.63) is 48.0 Å². The van der Waals surface area contributed by atoms with Gasteiger partial charge in [-0.05, 0) is 62.2 Å². The number of nitrogens with zero attached hydrogens (tertiary/aromatic N) is 2. The summed E-state index contributed by atoms with van der Waals surface area (Å²) in [6.07, 6.45) is 4.97. The molecule has 0 unspecified atom stereocenters. The molecule has 2 aromatic rings. The third-order valence-corrected chi connectivity index (χ3v) is 8.26. The summed E-state index contributed by atoms with van der Waals surface area (Å²) in [6, 6.07) is 11.6. The van der Waals surface area contributed by atoms with Gasteiger partial charge in [0.25, 0.3) is 0 Å². The van der Waals surface area contributed by atoms with E-state index in [1.54, 1.807) is 73.3 Å². The minimum Gasteiger partial charge on any atom is -0.497 e. The van der Waals surface area contributed by atoms with Crippen molar-refractivity contribution in [3.63, 3.8) is 0 Å². The van der Waals surface area contributed by atoms with Gasteiger partial charge >= 0.3 is 12.1 Å². The number of anilines is 2. The number of likely N-dealkylation sites (N-methyl/N-ethyl adjacent to an activating group) is 1. The molecule has 43 heavy (non-hydrogen) atoms. The number of hydrogen-bond acceptors (Lipinski definition) is 6. The minimum absolute atomic E-state index is 0.0483. The van der Waals surface area contributed by atoms with Crippen LogP contribution in [0.25, 0.3) is 0 Å². The van der Waals surface area contributed by atoms with E-state index in [4.69, 9.17) is 9.47 Å². The average molecular weight is 596 g/mol. The number of carbonyl (C=O) groups is 3. The smallest absolute Gasteiger partial charge is 0.321 e. The molecule has 1 aliphatic carbocycles. The first kappa shape index (κ1) is 31.9. The Morgan fingerprint density at radius 2 is 1.79 bits per heavy atom. The first-order valence-corrected chi connectivity index (χ1v) is 15.1. The number of ether oxygens (including phenoxy) is 2. The number of aliphatic hydroxyl groups is 1. The zero-order valence-corrected chi connectivity index (χ0v) is 25.6. The van der Waals surface area contributed by atoms with E-state index in [0.29, 0.717) is 35.0 Å². The summed E-state index contributed by atoms with van der Waals surface area (Å²) >= 11 is 0. The van der Waals surface area contributed by atoms with Crippen LogP contribution < -0.4 is 25.4 Å². The largest absolute Gasteiger partial charge is 0.497 e. The second-order valence-corrected chi connectivity index (χ2v) is 11.7. The Morgan fingerprint density at radius 1 is 1.09 bits per heavy atom. The molecule has 4 N–H and O–H groups in total. The van der Waals surface area contributed by atoms with Gasteiger partial charge < -0.3 is 40.3 Å². The molecule has 4 rings (SSSR count). The fourth-order valence-electron chi connectivity index (χ4n) is 5.57. The van der Waals surface area contributed by atoms with Crippen LogP contribution in [0.4, 0.5) is 21.0 Å². The van der Waals surface area contributed by atoms with E-state index in [2.05, 4.69) is 16.0 Å². The molecule has 1 heterocycles. The topological polar surface area (TPSA) is 132 Å². The fraction of sp³-hybridized carbons (Fsp3) is 0.531. The minimum atomic E-state index is -0.460. The van der Waals surface area contributed by atoms with Gasteiger partial charge in [0.05, 0.1) is 32.7 Å². The summed E-state index contributed by atoms with van der Waals surface area (Å²) in [5.41, 5.74) is 1.82. The highest BCUT2D eigenvalue weighted by molar-refractivity contribution is 5.90. The molecule has 5 amide bonds. The molecular weight excluding hydrogens is 550 g/mol. The molecule has 2 aromatic carbocycles. The molecule has 0 radical (unpaired) electrons. The van der Waals surface area contributed by atoms with Crippen LogP contribution in [0.2, 0.25) is 0 Å². The lowest BCUT2D eigenvalue weighted by molar-refractivity contribution is -0.134. The van der Waals surface area contributed by atoms with E-state index in [9.17, 15) is 19.5 Å². The molecule has 11 nitrogen and oxygen atoms in total. The van der Waals surface area contributed by atoms with E-state index < -0.39 is 12.1 Å². The van der Waals surface area contributed by atoms with Crippen molar-refractivity contribution >= 4 is 29.3 Å². The maximum Gasteiger partial charge on any atom is 0.321 e. The van der Waals surface area contributed by atoms with Crippen molar-refractivity contribution in [1.82, 2.24) is 15.1 Å². The van der Waals surface area contributed by atoms with Gasteiger partial charge in [-0.15, -0.1) is 0 Å². The summed E-state index contributed by atoms with van der Waals surface area (Å²) in [7, 11) is 3.28. The average Bonchev–Trinajstić information content (AvgIpc) is 3.04. The lowest BCUT2D eigenvalue weighted by atomic mass is 9.96. The quantitative estimate of drug-likeness (QED) is 0.356. The molecule has 0 aromatic heterocycles. The molecular formula is C32H45N5O6. The number of aliphatic hydroxyl groups excluding tert-OH is 1. The second kappa shape index (κ2) is 15.0. The monoisotopic (exact) mass is 595 g/mol. The van der Waals surface area contributed by atoms with E-state index in [1.807, 2.05) is 6.92 Å². The number of benzene rings is 2. The second-order valence-electron chi connectivity index (χ2n) is 11.7. The van der Waals surface area contributed by atoms with E-state index in [-0.39, 0.29) is 49.5 Å². The third-order valence-electron chi connectivity index (χ3n) is 8.26. The van der Waals surface area contributed by atoms with Crippen molar-refractivity contribution in [2.24, 2.45) is 5.92 Å². The number of urea groups is 2. The van der Waals surface area contributed by atoms with E-state index in [1.165, 1.54) is 6.42 Å². The molecule has 11 heteroatoms. The Bertz CT molecular complexity index is 1250. The number of amides is 5. The highest BCUT2D eigenvalue weighted by atomic mass is 16.5. The number of rotatable bonds is 8. The maximum absolute atomic E-state index is 13.5. The van der Waals surface area contributed by atoms with Gasteiger partial charge in [0.15, 0.2) is 0 Å². The van der Waals surface area contributed by atoms with Crippen molar-refractivity contribution in [1.29, 1.82) is 0 Å². The summed E-state index contributed by atoms with van der Waals surface area (Å²) in [6.45, 7) is 4.20. The lowest BCUT2D eigenvalue weighted by Gasteiger charge is -2.34. The van der Waals surface area contributed by atoms with Crippen LogP contribution in [-0.2, 0) is 11.2 Å². The highest BCUT2D eigenvalue weighted by Gasteiger charge is 2.32. The maximum atomic E-state index is 13.5. The Hall–Kier alpha value is -3.99. The molecule has 1 saturated carbocycles. The molecule has 1 aliphatic heterocycles. The first-order valence-electron chi connectivity index (χ1n) is 15.1. The standard InChI is InChI=1S/C32H45N5O6/c1-21-18-37(22(2)20-38)30(39)17-23-16-26(34-31(40)33-24-8-6-5-7-9-24)12-15-28(23)43-29(21)19-36(3)32(41)35-25-10-13-27(42-4)14-11-25/h10-16,21-22,24,29,38H,5-9,17-20H2,1-4H3,(H,35,41)(H2,33,34,40)/t21-,22+,29+/m1/s1. The summed E-state index contributed by atoms with van der Waals surface area (Å²) < 4.78 is 11.7. The number of methoxy groups -OCH3 is 1. The first-order chi connectivity index (χ1) is 20.7. The van der Waals surface area contributed by atoms with E-state index >= 15 is 0 Å². The van der Waals surface area contributed by atoms with Crippen LogP contribution in [0.1, 0.15) is 51.5 Å². The molecule has 2 aliphatic rings. The van der Waals surface area contributed by atoms with Gasteiger partial charge in [-0.1, -0.05) is 26.2 Å². The van der Waals surface area contributed by atoms with Crippen molar-refractivity contribution < 1.29 is 29.0 Å². The number of carbonyl (C=O) groups excluding carboxylic acids is 3. The Labute approximate surface area is 253 Å². The molecule has 0 spiro atoms. The van der Waals surface area contributed by atoms with Crippen LogP contribution in [0.5, 0.6) is 11.5 Å². The third kappa shape index (κ3) is 8.76. The van der Waals surface area contributed by atoms with Crippen LogP contribution in [0, 0.1) is 5.92 Å². The number of fused-ring (bicyclic) bond motifs is 1. The zero-order chi connectivity index (χ0) is 30.9. The SMILES string of the molecule is COc1ccc(NC(=O)N(C)C[C@@H]2Oc3ccc(NC(=O)NC4CCCCC4)cc3CC(=O)N([C@@H](C)CO)C[C@H]2C)cc1. The van der Waals surface area contributed by atoms with Crippen molar-refractivity contribution in [3.8, 4) is 11.5 Å². The van der Waals surface area contributed by atoms with Gasteiger partial charge in [0, 0.05) is 42.5 Å². The van der Waals surface area contributed by atoms with Gasteiger partial charge in [-0.3, -0.25) is 4.79 Å². The van der Waals surface area contributed by atoms with Crippen LogP contribution in [-0.4, -0.2) is 84.9 Å². The zero-order valence-electron chi connectivity index (χ0n) is 25.6. The van der Waals surface area contributed by atoms with Gasteiger partial charge in [-0.25, -0.2) is 9.59 Å². The number of nitrogens with one attached hydrogen (secondary N) is 3. The molecule has 1 fully saturated rings. The molecule has 0 saturated heterocycles. The summed E-state index contributed by atoms with van der Waals surface area (Å²) in [4.78, 5) is 42.5. The predicted molar refractivity (Wildman–Crippen MR) is 166 cm³/mol. The molecule has 234 valence electrons. The van der Waals surface area contributed by atoms with Crippen LogP contribution >= 0.6 is 0 Å². The van der Waals surface area contributed by atoms with Crippen molar-refractivity contribution in [2.45, 2.75) is 70.6 Å². The molecule has 0 bridgehead atoms. The van der Waals surface area contributed by atoms with Gasteiger partial charge in [-0.2, -0.15) is 0 Å². The Kier molecular flexibility index (Phi) is 11.1. The highest BCUT2D eigenvalue weighted by Crippen LogP contribution is 2.29. The van der Waals surface area contributed by atoms with Gasteiger partial charge in [0.1, 0.15) is 17.6 Å². The predicted octanol–water partition coefficient (Wildman–Crippen LogP) is 4.46. The van der Waals surface area contributed by atoms with Gasteiger partial charge in [0.2, 0.25) is 5.91 Å². The normalized spacial score (nSPS) is 19.9. The summed E-state index contributed by atoms with van der Waals surface area (Å²) in [5.74, 6) is 0.899. The van der Waals surface area contributed by atoms with Crippen LogP contribution in [0.15, 0.2) is 42.5 Å². The van der Waals surface area contributed by atoms with E-state index in [0.717, 1.165) is 25.7 Å². The Morgan fingerprint density at radius 3 is 2.47 bits per heavy atom. The van der Waals surface area contributed by atoms with Crippen LogP contribution in [0.3, 0.4) is 0 Å². The number of hydrogen-bond donors (Lipinski definition) is 4. The fourth-order valence-corrected chi connectivity index (χ4v) is 5.57. The summed E-state index contributed by atoms with van der Waals surface area (Å²) in [5, 5.41) is 18.8. The molecule has 3 atom stereocenters.